The second-order valence-corrected chi connectivity index (χ2v) is 11.6. The minimum atomic E-state index is -0.600. The van der Waals surface area contributed by atoms with Gasteiger partial charge in [-0.3, -0.25) is 9.59 Å². The summed E-state index contributed by atoms with van der Waals surface area (Å²) in [5, 5.41) is 14.4. The van der Waals surface area contributed by atoms with E-state index in [4.69, 9.17) is 24.1 Å². The SMILES string of the molecule is CC(C)(CCCC(=O)NCCCCCOCCNC(=O)OCCCOC(=O)C(C)(C)C(C)(C)C)OCCO. The molecule has 0 radical (unpaired) electrons. The molecule has 224 valence electrons. The van der Waals surface area contributed by atoms with Gasteiger partial charge in [0.15, 0.2) is 0 Å². The fraction of sp³-hybridized carbons (Fsp3) is 0.893. The maximum absolute atomic E-state index is 12.2. The molecule has 3 N–H and O–H groups in total. The molecule has 0 aromatic heterocycles. The standard InChI is InChI=1S/C28H54N2O8/c1-26(2,3)28(6,7)24(33)36-19-12-20-37-25(34)30-16-21-35-18-10-8-9-15-29-23(32)13-11-14-27(4,5)38-22-17-31/h31H,8-22H2,1-7H3,(H,29,32)(H,30,34). The van der Waals surface area contributed by atoms with Crippen molar-refractivity contribution in [3.63, 3.8) is 0 Å². The summed E-state index contributed by atoms with van der Waals surface area (Å²) >= 11 is 0. The van der Waals surface area contributed by atoms with Gasteiger partial charge in [0.25, 0.3) is 0 Å². The number of carbonyl (C=O) groups is 3. The summed E-state index contributed by atoms with van der Waals surface area (Å²) in [5.41, 5.74) is -1.15. The van der Waals surface area contributed by atoms with Crippen LogP contribution in [0, 0.1) is 10.8 Å². The van der Waals surface area contributed by atoms with Gasteiger partial charge in [-0.15, -0.1) is 0 Å². The Bertz CT molecular complexity index is 674. The van der Waals surface area contributed by atoms with Gasteiger partial charge in [0.05, 0.1) is 44.1 Å². The second kappa shape index (κ2) is 19.2. The first-order valence-corrected chi connectivity index (χ1v) is 13.9. The molecule has 0 spiro atoms. The van der Waals surface area contributed by atoms with Gasteiger partial charge in [-0.2, -0.15) is 0 Å². The first-order valence-electron chi connectivity index (χ1n) is 13.9. The summed E-state index contributed by atoms with van der Waals surface area (Å²) in [6.45, 7) is 16.3. The number of esters is 1. The highest BCUT2D eigenvalue weighted by Gasteiger charge is 2.41. The van der Waals surface area contributed by atoms with Gasteiger partial charge in [0, 0.05) is 32.5 Å². The van der Waals surface area contributed by atoms with E-state index in [0.29, 0.717) is 45.8 Å². The lowest BCUT2D eigenvalue weighted by Gasteiger charge is -2.36. The number of aliphatic hydroxyl groups excluding tert-OH is 1. The molecule has 10 heteroatoms. The maximum atomic E-state index is 12.2. The smallest absolute Gasteiger partial charge is 0.407 e. The fourth-order valence-corrected chi connectivity index (χ4v) is 3.14. The molecule has 0 rings (SSSR count). The first-order chi connectivity index (χ1) is 17.7. The molecule has 2 amide bonds. The molecular formula is C28H54N2O8. The van der Waals surface area contributed by atoms with Crippen molar-refractivity contribution in [1.29, 1.82) is 0 Å². The fourth-order valence-electron chi connectivity index (χ4n) is 3.14. The summed E-state index contributed by atoms with van der Waals surface area (Å²) < 4.78 is 21.5. The van der Waals surface area contributed by atoms with Crippen molar-refractivity contribution in [1.82, 2.24) is 10.6 Å². The summed E-state index contributed by atoms with van der Waals surface area (Å²) in [6.07, 6.45) is 4.59. The molecule has 0 unspecified atom stereocenters. The Kier molecular flexibility index (Phi) is 18.2. The number of carbonyl (C=O) groups excluding carboxylic acids is 3. The van der Waals surface area contributed by atoms with Crippen LogP contribution < -0.4 is 10.6 Å². The van der Waals surface area contributed by atoms with Crippen LogP contribution in [0.3, 0.4) is 0 Å². The Morgan fingerprint density at radius 3 is 2.05 bits per heavy atom. The van der Waals surface area contributed by atoms with E-state index in [0.717, 1.165) is 32.1 Å². The van der Waals surface area contributed by atoms with E-state index in [-0.39, 0.29) is 42.7 Å². The number of alkyl carbamates (subject to hydrolysis) is 1. The first kappa shape index (κ1) is 36.1. The molecule has 0 aliphatic carbocycles. The number of rotatable bonds is 21. The molecule has 0 aromatic rings. The highest BCUT2D eigenvalue weighted by Crippen LogP contribution is 2.38. The normalized spacial score (nSPS) is 12.2. The molecule has 0 heterocycles. The number of unbranched alkanes of at least 4 members (excludes halogenated alkanes) is 2. The maximum Gasteiger partial charge on any atom is 0.407 e. The van der Waals surface area contributed by atoms with Crippen molar-refractivity contribution in [2.24, 2.45) is 10.8 Å². The zero-order valence-electron chi connectivity index (χ0n) is 24.9. The minimum Gasteiger partial charge on any atom is -0.465 e. The van der Waals surface area contributed by atoms with Gasteiger partial charge in [-0.05, 0) is 65.2 Å². The zero-order chi connectivity index (χ0) is 29.1. The Morgan fingerprint density at radius 2 is 1.39 bits per heavy atom. The van der Waals surface area contributed by atoms with E-state index < -0.39 is 11.5 Å². The van der Waals surface area contributed by atoms with Crippen LogP contribution in [0.4, 0.5) is 4.79 Å². The number of aliphatic hydroxyl groups is 1. The van der Waals surface area contributed by atoms with E-state index >= 15 is 0 Å². The van der Waals surface area contributed by atoms with Crippen molar-refractivity contribution in [2.75, 3.05) is 52.7 Å². The molecule has 0 atom stereocenters. The molecule has 0 aromatic carbocycles. The van der Waals surface area contributed by atoms with Crippen LogP contribution in [-0.2, 0) is 28.5 Å². The van der Waals surface area contributed by atoms with Gasteiger partial charge < -0.3 is 34.7 Å². The monoisotopic (exact) mass is 546 g/mol. The van der Waals surface area contributed by atoms with Crippen LogP contribution in [-0.4, -0.2) is 81.4 Å². The van der Waals surface area contributed by atoms with Gasteiger partial charge in [-0.1, -0.05) is 20.8 Å². The van der Waals surface area contributed by atoms with Crippen LogP contribution in [0.5, 0.6) is 0 Å². The topological polar surface area (TPSA) is 132 Å². The molecule has 0 saturated heterocycles. The third kappa shape index (κ3) is 17.6. The predicted molar refractivity (Wildman–Crippen MR) is 147 cm³/mol. The van der Waals surface area contributed by atoms with Crippen molar-refractivity contribution < 1.29 is 38.4 Å². The van der Waals surface area contributed by atoms with Crippen LogP contribution in [0.2, 0.25) is 0 Å². The van der Waals surface area contributed by atoms with Crippen molar-refractivity contribution in [2.45, 2.75) is 99.0 Å². The number of hydrogen-bond donors (Lipinski definition) is 3. The van der Waals surface area contributed by atoms with Crippen LogP contribution in [0.25, 0.3) is 0 Å². The minimum absolute atomic E-state index is 0.0000825. The second-order valence-electron chi connectivity index (χ2n) is 11.6. The van der Waals surface area contributed by atoms with E-state index in [1.54, 1.807) is 0 Å². The largest absolute Gasteiger partial charge is 0.465 e. The summed E-state index contributed by atoms with van der Waals surface area (Å²) in [6, 6.07) is 0. The van der Waals surface area contributed by atoms with E-state index in [1.165, 1.54) is 0 Å². The molecule has 0 fully saturated rings. The molecule has 38 heavy (non-hydrogen) atoms. The van der Waals surface area contributed by atoms with Gasteiger partial charge >= 0.3 is 12.1 Å². The highest BCUT2D eigenvalue weighted by molar-refractivity contribution is 5.77. The molecule has 10 nitrogen and oxygen atoms in total. The molecule has 0 aliphatic rings. The van der Waals surface area contributed by atoms with Crippen molar-refractivity contribution in [3.8, 4) is 0 Å². The predicted octanol–water partition coefficient (Wildman–Crippen LogP) is 3.98. The Morgan fingerprint density at radius 1 is 0.711 bits per heavy atom. The Hall–Kier alpha value is -1.91. The molecule has 0 saturated carbocycles. The number of nitrogens with one attached hydrogen (secondary N) is 2. The van der Waals surface area contributed by atoms with Gasteiger partial charge in [-0.25, -0.2) is 4.79 Å². The average molecular weight is 547 g/mol. The lowest BCUT2D eigenvalue weighted by molar-refractivity contribution is -0.160. The third-order valence-electron chi connectivity index (χ3n) is 6.71. The lowest BCUT2D eigenvalue weighted by Crippen LogP contribution is -2.39. The number of ether oxygens (including phenoxy) is 4. The average Bonchev–Trinajstić information content (AvgIpc) is 2.82. The van der Waals surface area contributed by atoms with Gasteiger partial charge in [0.1, 0.15) is 0 Å². The van der Waals surface area contributed by atoms with E-state index in [9.17, 15) is 14.4 Å². The quantitative estimate of drug-likeness (QED) is 0.145. The molecule has 0 aliphatic heterocycles. The third-order valence-corrected chi connectivity index (χ3v) is 6.71. The molecular weight excluding hydrogens is 492 g/mol. The van der Waals surface area contributed by atoms with E-state index in [2.05, 4.69) is 10.6 Å². The molecule has 0 bridgehead atoms. The van der Waals surface area contributed by atoms with Gasteiger partial charge in [0.2, 0.25) is 5.91 Å². The lowest BCUT2D eigenvalue weighted by atomic mass is 9.69. The Balaban J connectivity index is 3.58. The highest BCUT2D eigenvalue weighted by atomic mass is 16.6. The van der Waals surface area contributed by atoms with Crippen LogP contribution in [0.1, 0.15) is 93.4 Å². The summed E-state index contributed by atoms with van der Waals surface area (Å²) in [7, 11) is 0. The summed E-state index contributed by atoms with van der Waals surface area (Å²) in [4.78, 5) is 35.9. The summed E-state index contributed by atoms with van der Waals surface area (Å²) in [5.74, 6) is -0.212. The Labute approximate surface area is 229 Å². The number of hydrogen-bond acceptors (Lipinski definition) is 8. The number of amides is 2. The zero-order valence-corrected chi connectivity index (χ0v) is 24.9. The van der Waals surface area contributed by atoms with Crippen molar-refractivity contribution >= 4 is 18.0 Å². The van der Waals surface area contributed by atoms with Crippen LogP contribution in [0.15, 0.2) is 0 Å². The van der Waals surface area contributed by atoms with Crippen molar-refractivity contribution in [3.05, 3.63) is 0 Å². The van der Waals surface area contributed by atoms with E-state index in [1.807, 2.05) is 48.5 Å². The van der Waals surface area contributed by atoms with Crippen LogP contribution >= 0.6 is 0 Å².